The molecule has 1 heterocycles. The lowest BCUT2D eigenvalue weighted by molar-refractivity contribution is 0.533. The van der Waals surface area contributed by atoms with E-state index in [9.17, 15) is 0 Å². The first-order valence-corrected chi connectivity index (χ1v) is 8.15. The smallest absolute Gasteiger partial charge is 0.0900 e. The molecule has 20 heavy (non-hydrogen) atoms. The highest BCUT2D eigenvalue weighted by molar-refractivity contribution is 7.11. The Hall–Kier alpha value is -1.19. The van der Waals surface area contributed by atoms with E-state index in [4.69, 9.17) is 0 Å². The minimum Gasteiger partial charge on any atom is -0.309 e. The second kappa shape index (κ2) is 7.00. The zero-order valence-electron chi connectivity index (χ0n) is 12.9. The molecule has 1 unspecified atom stereocenters. The number of thiazole rings is 1. The maximum absolute atomic E-state index is 4.58. The van der Waals surface area contributed by atoms with Gasteiger partial charge in [0.25, 0.3) is 0 Å². The van der Waals surface area contributed by atoms with Crippen molar-refractivity contribution in [1.29, 1.82) is 0 Å². The molecule has 2 rings (SSSR count). The van der Waals surface area contributed by atoms with Crippen LogP contribution in [0.4, 0.5) is 0 Å². The number of hydrogen-bond donors (Lipinski definition) is 1. The summed E-state index contributed by atoms with van der Waals surface area (Å²) in [5.41, 5.74) is 3.97. The summed E-state index contributed by atoms with van der Waals surface area (Å²) in [5.74, 6) is 0. The molecule has 0 fully saturated rings. The van der Waals surface area contributed by atoms with E-state index in [1.165, 1.54) is 21.7 Å². The predicted octanol–water partition coefficient (Wildman–Crippen LogP) is 4.35. The Bertz CT molecular complexity index is 560. The molecule has 0 spiro atoms. The molecule has 0 bridgehead atoms. The maximum Gasteiger partial charge on any atom is 0.0900 e. The normalized spacial score (nSPS) is 12.6. The van der Waals surface area contributed by atoms with Crippen LogP contribution in [0, 0.1) is 20.8 Å². The van der Waals surface area contributed by atoms with Gasteiger partial charge in [-0.25, -0.2) is 4.98 Å². The van der Waals surface area contributed by atoms with Crippen LogP contribution in [-0.2, 0) is 6.42 Å². The lowest BCUT2D eigenvalue weighted by Crippen LogP contribution is -2.24. The molecule has 2 aromatic rings. The highest BCUT2D eigenvalue weighted by Gasteiger charge is 2.18. The quantitative estimate of drug-likeness (QED) is 0.854. The zero-order valence-corrected chi connectivity index (χ0v) is 13.7. The van der Waals surface area contributed by atoms with E-state index in [0.29, 0.717) is 6.04 Å². The van der Waals surface area contributed by atoms with Gasteiger partial charge in [0.05, 0.1) is 10.7 Å². The van der Waals surface area contributed by atoms with E-state index in [-0.39, 0.29) is 0 Å². The van der Waals surface area contributed by atoms with Crippen LogP contribution in [0.15, 0.2) is 24.3 Å². The van der Waals surface area contributed by atoms with Gasteiger partial charge in [-0.2, -0.15) is 0 Å². The fraction of sp³-hybridized carbons (Fsp3) is 0.471. The van der Waals surface area contributed by atoms with Crippen LogP contribution in [-0.4, -0.2) is 11.5 Å². The third-order valence-corrected chi connectivity index (χ3v) is 4.77. The van der Waals surface area contributed by atoms with Crippen LogP contribution in [0.25, 0.3) is 0 Å². The van der Waals surface area contributed by atoms with Gasteiger partial charge in [0, 0.05) is 10.9 Å². The van der Waals surface area contributed by atoms with Crippen LogP contribution in [0.2, 0.25) is 0 Å². The Labute approximate surface area is 126 Å². The summed E-state index contributed by atoms with van der Waals surface area (Å²) in [6.45, 7) is 9.66. The molecule has 0 aliphatic carbocycles. The minimum atomic E-state index is 0.377. The Morgan fingerprint density at radius 3 is 2.55 bits per heavy atom. The number of hydrogen-bond acceptors (Lipinski definition) is 3. The fourth-order valence-electron chi connectivity index (χ4n) is 2.51. The molecule has 0 aliphatic rings. The van der Waals surface area contributed by atoms with E-state index < -0.39 is 0 Å². The average molecular weight is 288 g/mol. The van der Waals surface area contributed by atoms with Crippen LogP contribution in [0.5, 0.6) is 0 Å². The molecular weight excluding hydrogens is 264 g/mol. The molecule has 1 aromatic carbocycles. The van der Waals surface area contributed by atoms with Gasteiger partial charge in [-0.3, -0.25) is 0 Å². The summed E-state index contributed by atoms with van der Waals surface area (Å²) in [4.78, 5) is 5.97. The molecule has 1 aromatic heterocycles. The van der Waals surface area contributed by atoms with Gasteiger partial charge in [0.1, 0.15) is 0 Å². The first-order valence-electron chi connectivity index (χ1n) is 7.33. The predicted molar refractivity (Wildman–Crippen MR) is 87.5 cm³/mol. The van der Waals surface area contributed by atoms with Crippen LogP contribution in [0.1, 0.15) is 46.1 Å². The number of nitrogens with one attached hydrogen (secondary N) is 1. The number of aromatic nitrogens is 1. The fourth-order valence-corrected chi connectivity index (χ4v) is 3.51. The Morgan fingerprint density at radius 1 is 1.20 bits per heavy atom. The molecular formula is C17H24N2S. The SMILES string of the molecule is CCCNC(Cc1ccccc1C)c1sc(C)nc1C. The Morgan fingerprint density at radius 2 is 1.95 bits per heavy atom. The van der Waals surface area contributed by atoms with E-state index >= 15 is 0 Å². The second-order valence-corrected chi connectivity index (χ2v) is 6.55. The van der Waals surface area contributed by atoms with Crippen LogP contribution >= 0.6 is 11.3 Å². The monoisotopic (exact) mass is 288 g/mol. The van der Waals surface area contributed by atoms with Crippen molar-refractivity contribution < 1.29 is 0 Å². The van der Waals surface area contributed by atoms with Crippen molar-refractivity contribution >= 4 is 11.3 Å². The number of aryl methyl sites for hydroxylation is 3. The van der Waals surface area contributed by atoms with Gasteiger partial charge in [-0.1, -0.05) is 31.2 Å². The molecule has 3 heteroatoms. The Kier molecular flexibility index (Phi) is 5.32. The molecule has 0 saturated heterocycles. The van der Waals surface area contributed by atoms with Gasteiger partial charge < -0.3 is 5.32 Å². The average Bonchev–Trinajstić information content (AvgIpc) is 2.75. The van der Waals surface area contributed by atoms with Gasteiger partial charge >= 0.3 is 0 Å². The number of benzene rings is 1. The third-order valence-electron chi connectivity index (χ3n) is 3.58. The lowest BCUT2D eigenvalue weighted by Gasteiger charge is -2.19. The van der Waals surface area contributed by atoms with E-state index in [2.05, 4.69) is 62.3 Å². The number of nitrogens with zero attached hydrogens (tertiary/aromatic N) is 1. The number of rotatable bonds is 6. The third kappa shape index (κ3) is 3.68. The molecule has 1 N–H and O–H groups in total. The topological polar surface area (TPSA) is 24.9 Å². The van der Waals surface area contributed by atoms with Crippen molar-refractivity contribution in [2.75, 3.05) is 6.54 Å². The van der Waals surface area contributed by atoms with Gasteiger partial charge in [0.2, 0.25) is 0 Å². The molecule has 1 atom stereocenters. The summed E-state index contributed by atoms with van der Waals surface area (Å²) in [6, 6.07) is 9.04. The highest BCUT2D eigenvalue weighted by atomic mass is 32.1. The zero-order chi connectivity index (χ0) is 14.5. The largest absolute Gasteiger partial charge is 0.309 e. The first kappa shape index (κ1) is 15.2. The summed E-state index contributed by atoms with van der Waals surface area (Å²) in [6.07, 6.45) is 2.19. The van der Waals surface area contributed by atoms with Crippen molar-refractivity contribution in [3.63, 3.8) is 0 Å². The maximum atomic E-state index is 4.58. The van der Waals surface area contributed by atoms with E-state index in [1.807, 2.05) is 11.3 Å². The van der Waals surface area contributed by atoms with Crippen molar-refractivity contribution in [3.8, 4) is 0 Å². The van der Waals surface area contributed by atoms with Crippen molar-refractivity contribution in [2.24, 2.45) is 0 Å². The molecule has 0 aliphatic heterocycles. The van der Waals surface area contributed by atoms with E-state index in [1.54, 1.807) is 0 Å². The van der Waals surface area contributed by atoms with Gasteiger partial charge in [0.15, 0.2) is 0 Å². The van der Waals surface area contributed by atoms with Gasteiger partial charge in [-0.05, 0) is 51.3 Å². The van der Waals surface area contributed by atoms with Crippen LogP contribution in [0.3, 0.4) is 0 Å². The van der Waals surface area contributed by atoms with Crippen molar-refractivity contribution in [3.05, 3.63) is 51.0 Å². The molecule has 0 amide bonds. The van der Waals surface area contributed by atoms with Crippen molar-refractivity contribution in [2.45, 2.75) is 46.6 Å². The lowest BCUT2D eigenvalue weighted by atomic mass is 9.99. The summed E-state index contributed by atoms with van der Waals surface area (Å²) in [7, 11) is 0. The summed E-state index contributed by atoms with van der Waals surface area (Å²) in [5, 5.41) is 4.84. The molecule has 2 nitrogen and oxygen atoms in total. The van der Waals surface area contributed by atoms with Crippen LogP contribution < -0.4 is 5.32 Å². The standard InChI is InChI=1S/C17H24N2S/c1-5-10-18-16(17-13(3)19-14(4)20-17)11-15-9-7-6-8-12(15)2/h6-9,16,18H,5,10-11H2,1-4H3. The Balaban J connectivity index is 2.24. The minimum absolute atomic E-state index is 0.377. The first-order chi connectivity index (χ1) is 9.61. The highest BCUT2D eigenvalue weighted by Crippen LogP contribution is 2.28. The molecule has 0 radical (unpaired) electrons. The van der Waals surface area contributed by atoms with E-state index in [0.717, 1.165) is 24.4 Å². The molecule has 0 saturated carbocycles. The van der Waals surface area contributed by atoms with Crippen molar-refractivity contribution in [1.82, 2.24) is 10.3 Å². The molecule has 108 valence electrons. The summed E-state index contributed by atoms with van der Waals surface area (Å²) < 4.78 is 0. The summed E-state index contributed by atoms with van der Waals surface area (Å²) >= 11 is 1.82. The second-order valence-electron chi connectivity index (χ2n) is 5.32. The van der Waals surface area contributed by atoms with Gasteiger partial charge in [-0.15, -0.1) is 11.3 Å².